The minimum absolute atomic E-state index is 0.0202. The van der Waals surface area contributed by atoms with E-state index in [-0.39, 0.29) is 12.6 Å². The zero-order chi connectivity index (χ0) is 15.1. The fourth-order valence-corrected chi connectivity index (χ4v) is 2.17. The minimum Gasteiger partial charge on any atom is -0.495 e. The molecule has 0 aliphatic heterocycles. The Morgan fingerprint density at radius 1 is 1.14 bits per heavy atom. The van der Waals surface area contributed by atoms with E-state index in [2.05, 4.69) is 5.32 Å². The van der Waals surface area contributed by atoms with Crippen LogP contribution in [-0.2, 0) is 0 Å². The lowest BCUT2D eigenvalue weighted by atomic mass is 10.1. The molecule has 0 saturated heterocycles. The number of anilines is 1. The van der Waals surface area contributed by atoms with Crippen LogP contribution in [0.25, 0.3) is 0 Å². The summed E-state index contributed by atoms with van der Waals surface area (Å²) in [5.74, 6) is 1.55. The molecule has 0 bridgehead atoms. The molecule has 0 radical (unpaired) electrons. The van der Waals surface area contributed by atoms with E-state index in [0.29, 0.717) is 6.61 Å². The van der Waals surface area contributed by atoms with Gasteiger partial charge in [0.15, 0.2) is 0 Å². The molecule has 1 atom stereocenters. The molecule has 112 valence electrons. The Bertz CT molecular complexity index is 571. The summed E-state index contributed by atoms with van der Waals surface area (Å²) in [4.78, 5) is 0. The first-order chi connectivity index (χ1) is 10.3. The zero-order valence-corrected chi connectivity index (χ0v) is 12.4. The number of rotatable bonds is 7. The van der Waals surface area contributed by atoms with Gasteiger partial charge < -0.3 is 19.9 Å². The van der Waals surface area contributed by atoms with Crippen molar-refractivity contribution < 1.29 is 14.6 Å². The summed E-state index contributed by atoms with van der Waals surface area (Å²) in [5, 5.41) is 13.0. The first kappa shape index (κ1) is 15.2. The molecule has 2 N–H and O–H groups in total. The summed E-state index contributed by atoms with van der Waals surface area (Å²) in [6, 6.07) is 15.2. The van der Waals surface area contributed by atoms with Gasteiger partial charge in [0.1, 0.15) is 11.5 Å². The molecule has 0 spiro atoms. The summed E-state index contributed by atoms with van der Waals surface area (Å²) in [6.45, 7) is 2.55. The summed E-state index contributed by atoms with van der Waals surface area (Å²) in [5.41, 5.74) is 1.82. The van der Waals surface area contributed by atoms with Gasteiger partial charge in [0.05, 0.1) is 32.1 Å². The van der Waals surface area contributed by atoms with Crippen LogP contribution in [0.5, 0.6) is 11.5 Å². The Hall–Kier alpha value is -2.20. The Labute approximate surface area is 125 Å². The second-order valence-electron chi connectivity index (χ2n) is 4.59. The second-order valence-corrected chi connectivity index (χ2v) is 4.59. The third-order valence-electron chi connectivity index (χ3n) is 3.19. The molecule has 0 aliphatic carbocycles. The van der Waals surface area contributed by atoms with Crippen molar-refractivity contribution in [1.29, 1.82) is 0 Å². The molecule has 0 aromatic heterocycles. The molecule has 2 aromatic carbocycles. The number of aliphatic hydroxyl groups is 1. The highest BCUT2D eigenvalue weighted by Gasteiger charge is 2.13. The van der Waals surface area contributed by atoms with Gasteiger partial charge in [-0.25, -0.2) is 0 Å². The number of hydrogen-bond acceptors (Lipinski definition) is 4. The van der Waals surface area contributed by atoms with E-state index in [1.54, 1.807) is 7.11 Å². The predicted molar refractivity (Wildman–Crippen MR) is 84.1 cm³/mol. The molecule has 2 aromatic rings. The average Bonchev–Trinajstić information content (AvgIpc) is 2.53. The standard InChI is InChI=1S/C17H21NO3/c1-3-21-14-8-6-7-13(11-14)16(12-19)18-15-9-4-5-10-17(15)20-2/h4-11,16,18-19H,3,12H2,1-2H3. The molecule has 21 heavy (non-hydrogen) atoms. The highest BCUT2D eigenvalue weighted by molar-refractivity contribution is 5.57. The smallest absolute Gasteiger partial charge is 0.141 e. The third kappa shape index (κ3) is 3.89. The van der Waals surface area contributed by atoms with E-state index >= 15 is 0 Å². The molecule has 0 amide bonds. The van der Waals surface area contributed by atoms with Crippen LogP contribution in [0.15, 0.2) is 48.5 Å². The Kier molecular flexibility index (Phi) is 5.46. The van der Waals surface area contributed by atoms with Crippen LogP contribution >= 0.6 is 0 Å². The summed E-state index contributed by atoms with van der Waals surface area (Å²) in [7, 11) is 1.63. The van der Waals surface area contributed by atoms with E-state index in [9.17, 15) is 5.11 Å². The van der Waals surface area contributed by atoms with Crippen LogP contribution in [0.3, 0.4) is 0 Å². The van der Waals surface area contributed by atoms with Crippen LogP contribution in [-0.4, -0.2) is 25.4 Å². The summed E-state index contributed by atoms with van der Waals surface area (Å²) in [6.07, 6.45) is 0. The van der Waals surface area contributed by atoms with Crippen LogP contribution < -0.4 is 14.8 Å². The SMILES string of the molecule is CCOc1cccc(C(CO)Nc2ccccc2OC)c1. The number of hydrogen-bond donors (Lipinski definition) is 2. The maximum Gasteiger partial charge on any atom is 0.141 e. The molecule has 1 unspecified atom stereocenters. The molecular formula is C17H21NO3. The molecule has 0 saturated carbocycles. The molecule has 0 aliphatic rings. The summed E-state index contributed by atoms with van der Waals surface area (Å²) >= 11 is 0. The zero-order valence-electron chi connectivity index (χ0n) is 12.4. The normalized spacial score (nSPS) is 11.8. The van der Waals surface area contributed by atoms with Crippen molar-refractivity contribution in [3.8, 4) is 11.5 Å². The highest BCUT2D eigenvalue weighted by atomic mass is 16.5. The lowest BCUT2D eigenvalue weighted by Crippen LogP contribution is -2.15. The van der Waals surface area contributed by atoms with Crippen molar-refractivity contribution in [3.05, 3.63) is 54.1 Å². The van der Waals surface area contributed by atoms with Crippen molar-refractivity contribution in [2.24, 2.45) is 0 Å². The highest BCUT2D eigenvalue weighted by Crippen LogP contribution is 2.28. The largest absolute Gasteiger partial charge is 0.495 e. The first-order valence-electron chi connectivity index (χ1n) is 7.01. The minimum atomic E-state index is -0.221. The van der Waals surface area contributed by atoms with Crippen molar-refractivity contribution in [2.45, 2.75) is 13.0 Å². The van der Waals surface area contributed by atoms with E-state index in [4.69, 9.17) is 9.47 Å². The van der Waals surface area contributed by atoms with Crippen LogP contribution in [0, 0.1) is 0 Å². The Balaban J connectivity index is 2.21. The first-order valence-corrected chi connectivity index (χ1v) is 7.01. The van der Waals surface area contributed by atoms with Gasteiger partial charge in [0, 0.05) is 0 Å². The number of ether oxygens (including phenoxy) is 2. The third-order valence-corrected chi connectivity index (χ3v) is 3.19. The second kappa shape index (κ2) is 7.55. The van der Waals surface area contributed by atoms with Gasteiger partial charge in [-0.2, -0.15) is 0 Å². The van der Waals surface area contributed by atoms with Gasteiger partial charge in [0.2, 0.25) is 0 Å². The van der Waals surface area contributed by atoms with Crippen LogP contribution in [0.1, 0.15) is 18.5 Å². The molecule has 4 nitrogen and oxygen atoms in total. The average molecular weight is 287 g/mol. The van der Waals surface area contributed by atoms with Crippen LogP contribution in [0.4, 0.5) is 5.69 Å². The van der Waals surface area contributed by atoms with Crippen molar-refractivity contribution in [2.75, 3.05) is 25.6 Å². The number of nitrogens with one attached hydrogen (secondary N) is 1. The van der Waals surface area contributed by atoms with Gasteiger partial charge in [-0.3, -0.25) is 0 Å². The van der Waals surface area contributed by atoms with Crippen molar-refractivity contribution >= 4 is 5.69 Å². The number of methoxy groups -OCH3 is 1. The molecular weight excluding hydrogens is 266 g/mol. The van der Waals surface area contributed by atoms with Gasteiger partial charge in [-0.1, -0.05) is 24.3 Å². The molecule has 2 rings (SSSR count). The number of benzene rings is 2. The summed E-state index contributed by atoms with van der Waals surface area (Å²) < 4.78 is 10.8. The van der Waals surface area contributed by atoms with Crippen molar-refractivity contribution in [1.82, 2.24) is 0 Å². The lowest BCUT2D eigenvalue weighted by molar-refractivity contribution is 0.275. The lowest BCUT2D eigenvalue weighted by Gasteiger charge is -2.20. The fourth-order valence-electron chi connectivity index (χ4n) is 2.17. The van der Waals surface area contributed by atoms with Gasteiger partial charge in [-0.05, 0) is 36.8 Å². The molecule has 4 heteroatoms. The number of para-hydroxylation sites is 2. The Morgan fingerprint density at radius 3 is 2.67 bits per heavy atom. The molecule has 0 fully saturated rings. The maximum absolute atomic E-state index is 9.68. The van der Waals surface area contributed by atoms with E-state index in [1.807, 2.05) is 55.5 Å². The fraction of sp³-hybridized carbons (Fsp3) is 0.294. The quantitative estimate of drug-likeness (QED) is 0.821. The van der Waals surface area contributed by atoms with Crippen LogP contribution in [0.2, 0.25) is 0 Å². The predicted octanol–water partition coefficient (Wildman–Crippen LogP) is 3.24. The van der Waals surface area contributed by atoms with E-state index < -0.39 is 0 Å². The maximum atomic E-state index is 9.68. The van der Waals surface area contributed by atoms with Gasteiger partial charge in [0.25, 0.3) is 0 Å². The Morgan fingerprint density at radius 2 is 1.95 bits per heavy atom. The van der Waals surface area contributed by atoms with E-state index in [1.165, 1.54) is 0 Å². The monoisotopic (exact) mass is 287 g/mol. The van der Waals surface area contributed by atoms with Crippen molar-refractivity contribution in [3.63, 3.8) is 0 Å². The number of aliphatic hydroxyl groups excluding tert-OH is 1. The molecule has 0 heterocycles. The van der Waals surface area contributed by atoms with Gasteiger partial charge >= 0.3 is 0 Å². The van der Waals surface area contributed by atoms with E-state index in [0.717, 1.165) is 22.7 Å². The van der Waals surface area contributed by atoms with Gasteiger partial charge in [-0.15, -0.1) is 0 Å². The topological polar surface area (TPSA) is 50.7 Å².